The molecule has 138 valence electrons. The monoisotopic (exact) mass is 350 g/mol. The Morgan fingerprint density at radius 1 is 1.12 bits per heavy atom. The standard InChI is InChI=1S/C18H26N2O5/c1-12(13-5-7-14(8-6-13)25-11-17(23)24)20-16(22)10-19-15(21)9-18(2,3)4/h5-8,12H,9-11H2,1-4H3,(H,19,21)(H,20,22)(H,23,24). The van der Waals surface area contributed by atoms with Gasteiger partial charge in [0.05, 0.1) is 12.6 Å². The highest BCUT2D eigenvalue weighted by Gasteiger charge is 2.17. The van der Waals surface area contributed by atoms with E-state index < -0.39 is 12.6 Å². The summed E-state index contributed by atoms with van der Waals surface area (Å²) in [7, 11) is 0. The van der Waals surface area contributed by atoms with E-state index >= 15 is 0 Å². The van der Waals surface area contributed by atoms with Crippen LogP contribution in [0.15, 0.2) is 24.3 Å². The average molecular weight is 350 g/mol. The van der Waals surface area contributed by atoms with Gasteiger partial charge in [-0.3, -0.25) is 9.59 Å². The Balaban J connectivity index is 2.44. The molecule has 7 nitrogen and oxygen atoms in total. The van der Waals surface area contributed by atoms with E-state index in [2.05, 4.69) is 10.6 Å². The molecule has 2 amide bonds. The van der Waals surface area contributed by atoms with Crippen LogP contribution in [0.1, 0.15) is 45.7 Å². The van der Waals surface area contributed by atoms with Crippen molar-refractivity contribution < 1.29 is 24.2 Å². The van der Waals surface area contributed by atoms with Crippen molar-refractivity contribution in [2.45, 2.75) is 40.2 Å². The van der Waals surface area contributed by atoms with Crippen LogP contribution in [0.4, 0.5) is 0 Å². The lowest BCUT2D eigenvalue weighted by Gasteiger charge is -2.18. The molecule has 0 aliphatic rings. The van der Waals surface area contributed by atoms with Crippen molar-refractivity contribution in [1.82, 2.24) is 10.6 Å². The minimum Gasteiger partial charge on any atom is -0.482 e. The van der Waals surface area contributed by atoms with Crippen molar-refractivity contribution in [2.75, 3.05) is 13.2 Å². The van der Waals surface area contributed by atoms with E-state index in [1.54, 1.807) is 24.3 Å². The van der Waals surface area contributed by atoms with Gasteiger partial charge in [-0.2, -0.15) is 0 Å². The number of carbonyl (C=O) groups excluding carboxylic acids is 2. The molecule has 0 aliphatic carbocycles. The van der Waals surface area contributed by atoms with Gasteiger partial charge in [-0.1, -0.05) is 32.9 Å². The van der Waals surface area contributed by atoms with Crippen LogP contribution in [0.2, 0.25) is 0 Å². The molecule has 0 aromatic heterocycles. The summed E-state index contributed by atoms with van der Waals surface area (Å²) in [4.78, 5) is 34.1. The first kappa shape index (κ1) is 20.5. The number of carboxylic acid groups (broad SMARTS) is 1. The van der Waals surface area contributed by atoms with Crippen molar-refractivity contribution in [3.05, 3.63) is 29.8 Å². The highest BCUT2D eigenvalue weighted by molar-refractivity contribution is 5.85. The SMILES string of the molecule is CC(NC(=O)CNC(=O)CC(C)(C)C)c1ccc(OCC(=O)O)cc1. The molecule has 3 N–H and O–H groups in total. The van der Waals surface area contributed by atoms with E-state index in [0.717, 1.165) is 5.56 Å². The smallest absolute Gasteiger partial charge is 0.341 e. The quantitative estimate of drug-likeness (QED) is 0.664. The van der Waals surface area contributed by atoms with Gasteiger partial charge < -0.3 is 20.5 Å². The van der Waals surface area contributed by atoms with Crippen LogP contribution in [0.5, 0.6) is 5.75 Å². The maximum absolute atomic E-state index is 11.9. The van der Waals surface area contributed by atoms with Gasteiger partial charge >= 0.3 is 5.97 Å². The average Bonchev–Trinajstić information content (AvgIpc) is 2.49. The van der Waals surface area contributed by atoms with Crippen LogP contribution in [0.25, 0.3) is 0 Å². The van der Waals surface area contributed by atoms with Crippen LogP contribution < -0.4 is 15.4 Å². The number of benzene rings is 1. The van der Waals surface area contributed by atoms with Gasteiger partial charge in [0.2, 0.25) is 11.8 Å². The second-order valence-electron chi connectivity index (χ2n) is 7.05. The summed E-state index contributed by atoms with van der Waals surface area (Å²) < 4.78 is 5.05. The first-order valence-corrected chi connectivity index (χ1v) is 8.07. The molecule has 0 saturated carbocycles. The van der Waals surface area contributed by atoms with Gasteiger partial charge in [0, 0.05) is 6.42 Å². The van der Waals surface area contributed by atoms with Crippen molar-refractivity contribution in [3.8, 4) is 5.75 Å². The van der Waals surface area contributed by atoms with Crippen molar-refractivity contribution in [3.63, 3.8) is 0 Å². The number of nitrogens with one attached hydrogen (secondary N) is 2. The minimum absolute atomic E-state index is 0.0704. The van der Waals surface area contributed by atoms with E-state index in [1.807, 2.05) is 27.7 Å². The third-order valence-corrected chi connectivity index (χ3v) is 3.26. The van der Waals surface area contributed by atoms with Crippen LogP contribution in [0.3, 0.4) is 0 Å². The maximum Gasteiger partial charge on any atom is 0.341 e. The Morgan fingerprint density at radius 3 is 2.24 bits per heavy atom. The fourth-order valence-electron chi connectivity index (χ4n) is 2.10. The Hall–Kier alpha value is -2.57. The van der Waals surface area contributed by atoms with Crippen molar-refractivity contribution >= 4 is 17.8 Å². The number of ether oxygens (including phenoxy) is 1. The van der Waals surface area contributed by atoms with Crippen molar-refractivity contribution in [2.24, 2.45) is 5.41 Å². The number of carbonyl (C=O) groups is 3. The lowest BCUT2D eigenvalue weighted by molar-refractivity contribution is -0.139. The molecule has 0 bridgehead atoms. The summed E-state index contributed by atoms with van der Waals surface area (Å²) in [5.41, 5.74) is 0.718. The lowest BCUT2D eigenvalue weighted by atomic mass is 9.92. The van der Waals surface area contributed by atoms with Gasteiger partial charge in [0.1, 0.15) is 5.75 Å². The predicted molar refractivity (Wildman–Crippen MR) is 93.2 cm³/mol. The number of hydrogen-bond donors (Lipinski definition) is 3. The zero-order chi connectivity index (χ0) is 19.0. The third kappa shape index (κ3) is 8.74. The van der Waals surface area contributed by atoms with Gasteiger partial charge in [-0.15, -0.1) is 0 Å². The summed E-state index contributed by atoms with van der Waals surface area (Å²) in [6.07, 6.45) is 0.355. The Morgan fingerprint density at radius 2 is 1.72 bits per heavy atom. The molecule has 1 rings (SSSR count). The maximum atomic E-state index is 11.9. The molecule has 0 heterocycles. The number of amides is 2. The molecule has 1 aromatic rings. The normalized spacial score (nSPS) is 12.2. The highest BCUT2D eigenvalue weighted by Crippen LogP contribution is 2.18. The first-order valence-electron chi connectivity index (χ1n) is 8.07. The molecule has 1 unspecified atom stereocenters. The Bertz CT molecular complexity index is 605. The zero-order valence-corrected chi connectivity index (χ0v) is 15.1. The molecule has 25 heavy (non-hydrogen) atoms. The van der Waals surface area contributed by atoms with E-state index in [-0.39, 0.29) is 29.8 Å². The van der Waals surface area contributed by atoms with Crippen LogP contribution in [-0.4, -0.2) is 36.0 Å². The van der Waals surface area contributed by atoms with E-state index in [9.17, 15) is 14.4 Å². The highest BCUT2D eigenvalue weighted by atomic mass is 16.5. The summed E-state index contributed by atoms with van der Waals surface area (Å²) in [5, 5.41) is 14.0. The molecular formula is C18H26N2O5. The molecule has 0 radical (unpaired) electrons. The van der Waals surface area contributed by atoms with E-state index in [4.69, 9.17) is 9.84 Å². The van der Waals surface area contributed by atoms with E-state index in [1.165, 1.54) is 0 Å². The largest absolute Gasteiger partial charge is 0.482 e. The minimum atomic E-state index is -1.04. The zero-order valence-electron chi connectivity index (χ0n) is 15.1. The van der Waals surface area contributed by atoms with Gasteiger partial charge in [0.15, 0.2) is 6.61 Å². The predicted octanol–water partition coefficient (Wildman–Crippen LogP) is 1.88. The van der Waals surface area contributed by atoms with Gasteiger partial charge in [0.25, 0.3) is 0 Å². The third-order valence-electron chi connectivity index (χ3n) is 3.26. The molecule has 1 aromatic carbocycles. The van der Waals surface area contributed by atoms with Crippen LogP contribution in [0, 0.1) is 5.41 Å². The van der Waals surface area contributed by atoms with Crippen LogP contribution >= 0.6 is 0 Å². The Kier molecular flexibility index (Phi) is 7.42. The van der Waals surface area contributed by atoms with Gasteiger partial charge in [-0.25, -0.2) is 4.79 Å². The molecule has 1 atom stereocenters. The summed E-state index contributed by atoms with van der Waals surface area (Å²) in [6.45, 7) is 7.22. The number of hydrogen-bond acceptors (Lipinski definition) is 4. The second kappa shape index (κ2) is 9.05. The molecular weight excluding hydrogens is 324 g/mol. The lowest BCUT2D eigenvalue weighted by Crippen LogP contribution is -2.39. The number of carboxylic acids is 1. The van der Waals surface area contributed by atoms with E-state index in [0.29, 0.717) is 12.2 Å². The number of aliphatic carboxylic acids is 1. The molecule has 0 spiro atoms. The van der Waals surface area contributed by atoms with Gasteiger partial charge in [-0.05, 0) is 30.0 Å². The topological polar surface area (TPSA) is 105 Å². The second-order valence-corrected chi connectivity index (χ2v) is 7.05. The fraction of sp³-hybridized carbons (Fsp3) is 0.500. The molecule has 0 fully saturated rings. The van der Waals surface area contributed by atoms with Crippen LogP contribution in [-0.2, 0) is 14.4 Å². The molecule has 7 heteroatoms. The molecule has 0 aliphatic heterocycles. The first-order chi connectivity index (χ1) is 11.6. The Labute approximate surface area is 147 Å². The summed E-state index contributed by atoms with van der Waals surface area (Å²) in [5.74, 6) is -1.03. The van der Waals surface area contributed by atoms with Crippen molar-refractivity contribution in [1.29, 1.82) is 0 Å². The summed E-state index contributed by atoms with van der Waals surface area (Å²) in [6, 6.07) is 6.54. The summed E-state index contributed by atoms with van der Waals surface area (Å²) >= 11 is 0. The molecule has 0 saturated heterocycles. The fourth-order valence-corrected chi connectivity index (χ4v) is 2.10. The number of rotatable bonds is 8.